The lowest BCUT2D eigenvalue weighted by Crippen LogP contribution is -2.37. The highest BCUT2D eigenvalue weighted by atomic mass is 16.6. The van der Waals surface area contributed by atoms with Crippen LogP contribution in [0.1, 0.15) is 84.5 Å². The lowest BCUT2D eigenvalue weighted by atomic mass is 9.89. The van der Waals surface area contributed by atoms with Crippen molar-refractivity contribution in [3.63, 3.8) is 0 Å². The Labute approximate surface area is 234 Å². The Morgan fingerprint density at radius 3 is 2.51 bits per heavy atom. The molecule has 3 aliphatic heterocycles. The topological polar surface area (TPSA) is 91.3 Å². The van der Waals surface area contributed by atoms with Crippen molar-refractivity contribution in [3.05, 3.63) is 48.1 Å². The highest BCUT2D eigenvalue weighted by Crippen LogP contribution is 2.33. The summed E-state index contributed by atoms with van der Waals surface area (Å²) in [5.41, 5.74) is 0.942. The van der Waals surface area contributed by atoms with E-state index < -0.39 is 6.10 Å². The van der Waals surface area contributed by atoms with Gasteiger partial charge in [0.15, 0.2) is 0 Å². The predicted octanol–water partition coefficient (Wildman–Crippen LogP) is 5.77. The highest BCUT2D eigenvalue weighted by molar-refractivity contribution is 5.82. The molecule has 3 heterocycles. The van der Waals surface area contributed by atoms with Crippen LogP contribution in [0, 0.1) is 11.8 Å². The number of cyclic esters (lactones) is 1. The number of aliphatic hydroxyl groups excluding tert-OH is 1. The molecule has 7 heteroatoms. The lowest BCUT2D eigenvalue weighted by Gasteiger charge is -2.37. The Morgan fingerprint density at radius 2 is 1.74 bits per heavy atom. The van der Waals surface area contributed by atoms with Crippen LogP contribution in [0.5, 0.6) is 0 Å². The first-order valence-corrected chi connectivity index (χ1v) is 14.8. The largest absolute Gasteiger partial charge is 0.466 e. The van der Waals surface area contributed by atoms with Crippen LogP contribution in [0.3, 0.4) is 0 Å². The van der Waals surface area contributed by atoms with Gasteiger partial charge < -0.3 is 24.1 Å². The molecule has 0 amide bonds. The van der Waals surface area contributed by atoms with Gasteiger partial charge in [-0.3, -0.25) is 4.79 Å². The molecule has 2 saturated heterocycles. The Morgan fingerprint density at radius 1 is 1.00 bits per heavy atom. The molecule has 3 aliphatic rings. The maximum absolute atomic E-state index is 13.1. The van der Waals surface area contributed by atoms with Gasteiger partial charge >= 0.3 is 11.9 Å². The molecular weight excluding hydrogens is 496 g/mol. The van der Waals surface area contributed by atoms with Gasteiger partial charge in [-0.15, -0.1) is 0 Å². The average Bonchev–Trinajstić information content (AvgIpc) is 2.90. The number of hydrogen-bond donors (Lipinski definition) is 1. The zero-order valence-electron chi connectivity index (χ0n) is 24.0. The molecule has 0 aliphatic carbocycles. The number of unbranched alkanes of at least 4 members (excludes halogenated alkanes) is 2. The molecule has 39 heavy (non-hydrogen) atoms. The molecular formula is C32H48O7. The first-order chi connectivity index (χ1) is 18.9. The maximum Gasteiger partial charge on any atom is 0.330 e. The van der Waals surface area contributed by atoms with Crippen LogP contribution in [0.25, 0.3) is 0 Å². The van der Waals surface area contributed by atoms with Crippen molar-refractivity contribution in [2.75, 3.05) is 13.7 Å². The summed E-state index contributed by atoms with van der Waals surface area (Å²) < 4.78 is 23.7. The summed E-state index contributed by atoms with van der Waals surface area (Å²) in [4.78, 5) is 25.1. The van der Waals surface area contributed by atoms with E-state index in [1.807, 2.05) is 18.2 Å². The quantitative estimate of drug-likeness (QED) is 0.143. The van der Waals surface area contributed by atoms with Crippen LogP contribution in [-0.2, 0) is 28.5 Å². The van der Waals surface area contributed by atoms with E-state index in [4.69, 9.17) is 24.1 Å². The molecule has 7 atom stereocenters. The van der Waals surface area contributed by atoms with Crippen molar-refractivity contribution >= 4 is 11.9 Å². The van der Waals surface area contributed by atoms with E-state index >= 15 is 0 Å². The number of hydrogen-bond acceptors (Lipinski definition) is 7. The molecule has 0 aromatic rings. The maximum atomic E-state index is 13.1. The van der Waals surface area contributed by atoms with Gasteiger partial charge in [0.25, 0.3) is 0 Å². The predicted molar refractivity (Wildman–Crippen MR) is 151 cm³/mol. The number of aliphatic hydroxyl groups is 1. The summed E-state index contributed by atoms with van der Waals surface area (Å²) in [6.07, 6.45) is 22.1. The molecule has 0 saturated carbocycles. The number of fused-ring (bicyclic) bond motifs is 4. The van der Waals surface area contributed by atoms with E-state index in [0.717, 1.165) is 56.9 Å². The number of carbonyl (C=O) groups excluding carboxylic acids is 2. The van der Waals surface area contributed by atoms with E-state index in [2.05, 4.69) is 32.1 Å². The smallest absolute Gasteiger partial charge is 0.330 e. The molecule has 218 valence electrons. The molecule has 2 fully saturated rings. The van der Waals surface area contributed by atoms with Crippen LogP contribution in [-0.4, -0.2) is 61.3 Å². The van der Waals surface area contributed by atoms with E-state index in [0.29, 0.717) is 18.8 Å². The third kappa shape index (κ3) is 11.4. The van der Waals surface area contributed by atoms with Crippen LogP contribution in [0.4, 0.5) is 0 Å². The van der Waals surface area contributed by atoms with Crippen molar-refractivity contribution in [3.8, 4) is 0 Å². The van der Waals surface area contributed by atoms with E-state index in [1.54, 1.807) is 6.08 Å². The normalized spacial score (nSPS) is 34.7. The lowest BCUT2D eigenvalue weighted by molar-refractivity contribution is -0.154. The fourth-order valence-corrected chi connectivity index (χ4v) is 5.66. The number of allylic oxidation sites excluding steroid dienone is 4. The van der Waals surface area contributed by atoms with Gasteiger partial charge in [-0.2, -0.15) is 0 Å². The minimum Gasteiger partial charge on any atom is -0.466 e. The number of ether oxygens (including phenoxy) is 4. The van der Waals surface area contributed by atoms with Crippen molar-refractivity contribution in [1.82, 2.24) is 0 Å². The molecule has 3 rings (SSSR count). The SMILES string of the molecule is COC(=O)/C=C1\C[C@H]2CC(=O)O[C@@H](/C=C/C=C\CCCCO)[C@@H](C)/C=C\[C@H](C)C[C@H]3CCC[C@@H](C[C@@H](C1)O2)O3. The molecule has 7 nitrogen and oxygen atoms in total. The van der Waals surface area contributed by atoms with Gasteiger partial charge in [0.1, 0.15) is 6.10 Å². The van der Waals surface area contributed by atoms with E-state index in [-0.39, 0.29) is 55.3 Å². The second-order valence-corrected chi connectivity index (χ2v) is 11.3. The Balaban J connectivity index is 1.78. The molecule has 0 unspecified atom stereocenters. The summed E-state index contributed by atoms with van der Waals surface area (Å²) in [5, 5.41) is 8.93. The Bertz CT molecular complexity index is 889. The van der Waals surface area contributed by atoms with Crippen LogP contribution in [0.2, 0.25) is 0 Å². The van der Waals surface area contributed by atoms with E-state index in [1.165, 1.54) is 7.11 Å². The van der Waals surface area contributed by atoms with Gasteiger partial charge in [0, 0.05) is 25.0 Å². The fourth-order valence-electron chi connectivity index (χ4n) is 5.66. The first kappa shape index (κ1) is 31.3. The number of carbonyl (C=O) groups is 2. The second kappa shape index (κ2) is 16.8. The molecule has 0 radical (unpaired) electrons. The average molecular weight is 545 g/mol. The van der Waals surface area contributed by atoms with Crippen LogP contribution in [0.15, 0.2) is 48.1 Å². The molecule has 1 N–H and O–H groups in total. The van der Waals surface area contributed by atoms with Gasteiger partial charge in [0.2, 0.25) is 0 Å². The van der Waals surface area contributed by atoms with Crippen molar-refractivity contribution < 1.29 is 33.6 Å². The van der Waals surface area contributed by atoms with E-state index in [9.17, 15) is 9.59 Å². The third-order valence-electron chi connectivity index (χ3n) is 7.74. The third-order valence-corrected chi connectivity index (χ3v) is 7.74. The standard InChI is InChI=1S/C32H48O7/c1-23-14-15-24(2)30(13-8-6-4-5-7-9-16-33)39-32(35)22-29-19-25(20-31(34)36-3)18-28(38-29)21-27-12-10-11-26(17-23)37-27/h4,6,8,13-15,20,23-24,26-30,33H,5,7,9-12,16-19,21-22H2,1-3H3/b6-4-,13-8+,15-14-,25-20-/t23-,24-,26+,27-,28+,29-,30-/m0/s1. The number of rotatable bonds is 7. The minimum atomic E-state index is -0.407. The van der Waals surface area contributed by atoms with Crippen molar-refractivity contribution in [2.24, 2.45) is 11.8 Å². The van der Waals surface area contributed by atoms with Gasteiger partial charge in [0.05, 0.1) is 37.9 Å². The van der Waals surface area contributed by atoms with Crippen LogP contribution < -0.4 is 0 Å². The van der Waals surface area contributed by atoms with Gasteiger partial charge in [-0.1, -0.05) is 49.8 Å². The zero-order valence-corrected chi connectivity index (χ0v) is 24.0. The summed E-state index contributed by atoms with van der Waals surface area (Å²) in [6.45, 7) is 4.49. The first-order valence-electron chi connectivity index (χ1n) is 14.8. The number of esters is 2. The molecule has 0 aromatic heterocycles. The molecule has 0 spiro atoms. The minimum absolute atomic E-state index is 0.00169. The van der Waals surface area contributed by atoms with Gasteiger partial charge in [-0.05, 0) is 69.8 Å². The second-order valence-electron chi connectivity index (χ2n) is 11.3. The zero-order chi connectivity index (χ0) is 28.0. The molecule has 4 bridgehead atoms. The Kier molecular flexibility index (Phi) is 13.5. The summed E-state index contributed by atoms with van der Waals surface area (Å²) in [5.74, 6) is -0.347. The van der Waals surface area contributed by atoms with Crippen molar-refractivity contribution in [1.29, 1.82) is 0 Å². The monoisotopic (exact) mass is 544 g/mol. The summed E-state index contributed by atoms with van der Waals surface area (Å²) in [6, 6.07) is 0. The Hall–Kier alpha value is -2.22. The molecule has 0 aromatic carbocycles. The van der Waals surface area contributed by atoms with Crippen LogP contribution >= 0.6 is 0 Å². The number of methoxy groups -OCH3 is 1. The highest BCUT2D eigenvalue weighted by Gasteiger charge is 2.33. The van der Waals surface area contributed by atoms with Gasteiger partial charge in [-0.25, -0.2) is 4.79 Å². The summed E-state index contributed by atoms with van der Waals surface area (Å²) in [7, 11) is 1.37. The summed E-state index contributed by atoms with van der Waals surface area (Å²) >= 11 is 0. The van der Waals surface area contributed by atoms with Crippen molar-refractivity contribution in [2.45, 2.75) is 115 Å². The fraction of sp³-hybridized carbons (Fsp3) is 0.688.